The minimum atomic E-state index is -1.18. The van der Waals surface area contributed by atoms with E-state index < -0.39 is 11.9 Å². The van der Waals surface area contributed by atoms with Gasteiger partial charge in [0.25, 0.3) is 0 Å². The van der Waals surface area contributed by atoms with Gasteiger partial charge in [0.15, 0.2) is 0 Å². The van der Waals surface area contributed by atoms with Gasteiger partial charge >= 0.3 is 11.9 Å². The quantitative estimate of drug-likeness (QED) is 0.566. The van der Waals surface area contributed by atoms with E-state index in [0.717, 1.165) is 31.8 Å². The van der Waals surface area contributed by atoms with Crippen molar-refractivity contribution in [2.24, 2.45) is 22.7 Å². The maximum absolute atomic E-state index is 11.4. The molecule has 0 spiro atoms. The van der Waals surface area contributed by atoms with Crippen molar-refractivity contribution < 1.29 is 19.8 Å². The van der Waals surface area contributed by atoms with Crippen LogP contribution in [0.2, 0.25) is 0 Å². The van der Waals surface area contributed by atoms with E-state index in [0.29, 0.717) is 18.3 Å². The number of hydrogen-bond acceptors (Lipinski definition) is 2. The summed E-state index contributed by atoms with van der Waals surface area (Å²) in [7, 11) is 0. The van der Waals surface area contributed by atoms with Gasteiger partial charge in [-0.25, -0.2) is 9.59 Å². The lowest BCUT2D eigenvalue weighted by molar-refractivity contribution is -0.135. The molecule has 1 saturated carbocycles. The molecule has 0 radical (unpaired) electrons. The Balaban J connectivity index is 2.27. The van der Waals surface area contributed by atoms with E-state index in [-0.39, 0.29) is 16.4 Å². The third kappa shape index (κ3) is 3.28. The third-order valence-electron chi connectivity index (χ3n) is 7.10. The molecule has 134 valence electrons. The Hall–Kier alpha value is -1.58. The van der Waals surface area contributed by atoms with Crippen molar-refractivity contribution in [1.29, 1.82) is 0 Å². The fraction of sp³-hybridized carbons (Fsp3) is 0.700. The summed E-state index contributed by atoms with van der Waals surface area (Å²) in [5, 5.41) is 18.2. The highest BCUT2D eigenvalue weighted by molar-refractivity contribution is 5.94. The molecule has 0 bridgehead atoms. The van der Waals surface area contributed by atoms with Crippen molar-refractivity contribution in [3.05, 3.63) is 23.3 Å². The number of fused-ring (bicyclic) bond motifs is 1. The monoisotopic (exact) mass is 334 g/mol. The zero-order valence-electron chi connectivity index (χ0n) is 15.3. The van der Waals surface area contributed by atoms with Crippen LogP contribution in [-0.2, 0) is 9.59 Å². The summed E-state index contributed by atoms with van der Waals surface area (Å²) in [6, 6.07) is 0. The van der Waals surface area contributed by atoms with Crippen LogP contribution >= 0.6 is 0 Å². The van der Waals surface area contributed by atoms with E-state index in [2.05, 4.69) is 33.8 Å². The van der Waals surface area contributed by atoms with Gasteiger partial charge in [0.05, 0.1) is 0 Å². The minimum Gasteiger partial charge on any atom is -0.478 e. The number of allylic oxidation sites excluding steroid dienone is 2. The van der Waals surface area contributed by atoms with Crippen molar-refractivity contribution >= 4 is 11.9 Å². The Kier molecular flexibility index (Phi) is 5.26. The van der Waals surface area contributed by atoms with Crippen LogP contribution < -0.4 is 0 Å². The highest BCUT2D eigenvalue weighted by atomic mass is 16.4. The second-order valence-electron chi connectivity index (χ2n) is 8.19. The lowest BCUT2D eigenvalue weighted by Crippen LogP contribution is -2.49. The molecule has 2 N–H and O–H groups in total. The predicted octanol–water partition coefficient (Wildman–Crippen LogP) is 4.66. The summed E-state index contributed by atoms with van der Waals surface area (Å²) in [6.45, 7) is 9.15. The van der Waals surface area contributed by atoms with E-state index in [1.165, 1.54) is 12.0 Å². The average Bonchev–Trinajstić information content (AvgIpc) is 2.50. The number of carbonyl (C=O) groups is 2. The number of carboxylic acids is 2. The predicted molar refractivity (Wildman–Crippen MR) is 93.7 cm³/mol. The van der Waals surface area contributed by atoms with Gasteiger partial charge in [-0.15, -0.1) is 0 Å². The Morgan fingerprint density at radius 3 is 2.54 bits per heavy atom. The normalized spacial score (nSPS) is 36.7. The van der Waals surface area contributed by atoms with E-state index in [1.54, 1.807) is 0 Å². The molecule has 0 aromatic heterocycles. The summed E-state index contributed by atoms with van der Waals surface area (Å²) in [4.78, 5) is 22.2. The van der Waals surface area contributed by atoms with Crippen LogP contribution in [0.25, 0.3) is 0 Å². The minimum absolute atomic E-state index is 0.00581. The number of rotatable bonds is 5. The molecule has 4 heteroatoms. The van der Waals surface area contributed by atoms with E-state index in [1.807, 2.05) is 0 Å². The largest absolute Gasteiger partial charge is 0.478 e. The van der Waals surface area contributed by atoms with E-state index in [4.69, 9.17) is 5.11 Å². The van der Waals surface area contributed by atoms with Crippen LogP contribution in [0.1, 0.15) is 66.2 Å². The first-order chi connectivity index (χ1) is 11.1. The summed E-state index contributed by atoms with van der Waals surface area (Å²) in [6.07, 6.45) is 8.81. The van der Waals surface area contributed by atoms with Crippen molar-refractivity contribution in [2.45, 2.75) is 66.2 Å². The third-order valence-corrected chi connectivity index (χ3v) is 7.10. The summed E-state index contributed by atoms with van der Waals surface area (Å²) >= 11 is 0. The molecule has 0 aliphatic heterocycles. The van der Waals surface area contributed by atoms with Crippen molar-refractivity contribution in [2.75, 3.05) is 0 Å². The molecule has 2 rings (SSSR count). The van der Waals surface area contributed by atoms with Gasteiger partial charge in [-0.1, -0.05) is 32.4 Å². The van der Waals surface area contributed by atoms with Crippen LogP contribution in [0.3, 0.4) is 0 Å². The van der Waals surface area contributed by atoms with Crippen LogP contribution in [-0.4, -0.2) is 22.2 Å². The topological polar surface area (TPSA) is 74.6 Å². The Labute approximate surface area is 144 Å². The second-order valence-corrected chi connectivity index (χ2v) is 8.19. The lowest BCUT2D eigenvalue weighted by atomic mass is 9.47. The summed E-state index contributed by atoms with van der Waals surface area (Å²) < 4.78 is 0. The maximum Gasteiger partial charge on any atom is 0.331 e. The average molecular weight is 334 g/mol. The molecule has 0 aromatic rings. The van der Waals surface area contributed by atoms with Gasteiger partial charge in [-0.2, -0.15) is 0 Å². The Bertz CT molecular complexity index is 588. The van der Waals surface area contributed by atoms with Crippen LogP contribution in [0.5, 0.6) is 0 Å². The van der Waals surface area contributed by atoms with Crippen LogP contribution in [0.4, 0.5) is 0 Å². The lowest BCUT2D eigenvalue weighted by Gasteiger charge is -2.58. The SMILES string of the molecule is CC1=CCCC2C1(C)CCC(C)C2(C)CCC(=CC(=O)O)C(=O)O. The molecule has 4 atom stereocenters. The van der Waals surface area contributed by atoms with E-state index in [9.17, 15) is 14.7 Å². The summed E-state index contributed by atoms with van der Waals surface area (Å²) in [5.41, 5.74) is 1.71. The molecule has 0 aromatic carbocycles. The zero-order chi connectivity index (χ0) is 18.1. The molecule has 4 unspecified atom stereocenters. The second kappa shape index (κ2) is 6.73. The Morgan fingerprint density at radius 1 is 1.29 bits per heavy atom. The number of carboxylic acid groups (broad SMARTS) is 2. The molecule has 0 amide bonds. The van der Waals surface area contributed by atoms with Gasteiger partial charge < -0.3 is 10.2 Å². The van der Waals surface area contributed by atoms with Crippen molar-refractivity contribution in [3.63, 3.8) is 0 Å². The van der Waals surface area contributed by atoms with Gasteiger partial charge in [-0.05, 0) is 68.1 Å². The van der Waals surface area contributed by atoms with Gasteiger partial charge in [0.1, 0.15) is 0 Å². The van der Waals surface area contributed by atoms with Crippen LogP contribution in [0, 0.1) is 22.7 Å². The van der Waals surface area contributed by atoms with Gasteiger partial charge in [0, 0.05) is 11.6 Å². The number of aliphatic carboxylic acids is 2. The van der Waals surface area contributed by atoms with E-state index >= 15 is 0 Å². The molecule has 2 aliphatic carbocycles. The van der Waals surface area contributed by atoms with Crippen molar-refractivity contribution in [1.82, 2.24) is 0 Å². The number of hydrogen-bond donors (Lipinski definition) is 2. The molecular formula is C20H30O4. The first kappa shape index (κ1) is 18.8. The molecule has 24 heavy (non-hydrogen) atoms. The summed E-state index contributed by atoms with van der Waals surface area (Å²) in [5.74, 6) is -1.26. The van der Waals surface area contributed by atoms with Crippen LogP contribution in [0.15, 0.2) is 23.3 Å². The molecule has 0 heterocycles. The first-order valence-corrected chi connectivity index (χ1v) is 8.95. The molecular weight excluding hydrogens is 304 g/mol. The first-order valence-electron chi connectivity index (χ1n) is 8.95. The maximum atomic E-state index is 11.4. The molecule has 1 fully saturated rings. The molecule has 0 saturated heterocycles. The smallest absolute Gasteiger partial charge is 0.331 e. The highest BCUT2D eigenvalue weighted by Gasteiger charge is 2.52. The standard InChI is InChI=1S/C20H30O4/c1-13-6-5-7-16-19(13,3)10-8-14(2)20(16,4)11-9-15(18(23)24)12-17(21)22/h6,12,14,16H,5,7-11H2,1-4H3,(H,21,22)(H,23,24). The van der Waals surface area contributed by atoms with Crippen molar-refractivity contribution in [3.8, 4) is 0 Å². The molecule has 4 nitrogen and oxygen atoms in total. The van der Waals surface area contributed by atoms with Gasteiger partial charge in [-0.3, -0.25) is 0 Å². The highest BCUT2D eigenvalue weighted by Crippen LogP contribution is 2.61. The fourth-order valence-corrected chi connectivity index (χ4v) is 5.13. The fourth-order valence-electron chi connectivity index (χ4n) is 5.13. The Morgan fingerprint density at radius 2 is 1.96 bits per heavy atom. The van der Waals surface area contributed by atoms with Gasteiger partial charge in [0.2, 0.25) is 0 Å². The zero-order valence-corrected chi connectivity index (χ0v) is 15.3. The molecule has 2 aliphatic rings.